The SMILES string of the molecule is CC(C(N)=S)N(C)CC(O)CO. The first-order valence-corrected chi connectivity index (χ1v) is 4.18. The van der Waals surface area contributed by atoms with Gasteiger partial charge in [-0.3, -0.25) is 4.90 Å². The summed E-state index contributed by atoms with van der Waals surface area (Å²) in [4.78, 5) is 2.19. The van der Waals surface area contributed by atoms with Crippen LogP contribution in [0.3, 0.4) is 0 Å². The molecule has 4 nitrogen and oxygen atoms in total. The zero-order valence-electron chi connectivity index (χ0n) is 7.40. The Morgan fingerprint density at radius 1 is 1.67 bits per heavy atom. The van der Waals surface area contributed by atoms with E-state index in [-0.39, 0.29) is 12.6 Å². The van der Waals surface area contributed by atoms with Crippen LogP contribution in [0, 0.1) is 0 Å². The molecule has 0 fully saturated rings. The molecule has 72 valence electrons. The van der Waals surface area contributed by atoms with Crippen LogP contribution in [-0.2, 0) is 0 Å². The highest BCUT2D eigenvalue weighted by Crippen LogP contribution is 1.97. The molecule has 0 aliphatic heterocycles. The van der Waals surface area contributed by atoms with Crippen molar-refractivity contribution in [1.29, 1.82) is 0 Å². The molecule has 0 bridgehead atoms. The molecule has 0 radical (unpaired) electrons. The first-order chi connectivity index (χ1) is 5.49. The largest absolute Gasteiger partial charge is 0.394 e. The average Bonchev–Trinajstić information content (AvgIpc) is 2.02. The van der Waals surface area contributed by atoms with Crippen LogP contribution in [0.5, 0.6) is 0 Å². The van der Waals surface area contributed by atoms with Crippen LogP contribution in [-0.4, -0.2) is 52.4 Å². The Labute approximate surface area is 78.0 Å². The zero-order chi connectivity index (χ0) is 9.72. The molecule has 2 atom stereocenters. The molecule has 0 amide bonds. The van der Waals surface area contributed by atoms with Crippen molar-refractivity contribution in [3.8, 4) is 0 Å². The molecular weight excluding hydrogens is 176 g/mol. The van der Waals surface area contributed by atoms with Crippen LogP contribution in [0.15, 0.2) is 0 Å². The van der Waals surface area contributed by atoms with Crippen LogP contribution in [0.2, 0.25) is 0 Å². The van der Waals surface area contributed by atoms with Crippen LogP contribution < -0.4 is 5.73 Å². The van der Waals surface area contributed by atoms with Gasteiger partial charge in [0.15, 0.2) is 0 Å². The van der Waals surface area contributed by atoms with Gasteiger partial charge in [0.25, 0.3) is 0 Å². The van der Waals surface area contributed by atoms with Crippen molar-refractivity contribution in [2.24, 2.45) is 5.73 Å². The van der Waals surface area contributed by atoms with E-state index in [4.69, 9.17) is 28.2 Å². The molecule has 0 heterocycles. The number of nitrogens with two attached hydrogens (primary N) is 1. The molecular formula is C7H16N2O2S. The van der Waals surface area contributed by atoms with E-state index < -0.39 is 6.10 Å². The van der Waals surface area contributed by atoms with Gasteiger partial charge in [0.1, 0.15) is 0 Å². The van der Waals surface area contributed by atoms with Gasteiger partial charge < -0.3 is 15.9 Å². The van der Waals surface area contributed by atoms with Gasteiger partial charge in [-0.15, -0.1) is 0 Å². The van der Waals surface area contributed by atoms with Crippen molar-refractivity contribution in [3.63, 3.8) is 0 Å². The van der Waals surface area contributed by atoms with Crippen molar-refractivity contribution in [2.75, 3.05) is 20.2 Å². The van der Waals surface area contributed by atoms with Crippen molar-refractivity contribution in [1.82, 2.24) is 4.90 Å². The van der Waals surface area contributed by atoms with Crippen molar-refractivity contribution in [2.45, 2.75) is 19.1 Å². The number of aliphatic hydroxyl groups excluding tert-OH is 2. The monoisotopic (exact) mass is 192 g/mol. The second-order valence-corrected chi connectivity index (χ2v) is 3.33. The quantitative estimate of drug-likeness (QED) is 0.485. The third-order valence-corrected chi connectivity index (χ3v) is 2.12. The minimum Gasteiger partial charge on any atom is -0.394 e. The van der Waals surface area contributed by atoms with Gasteiger partial charge in [0.2, 0.25) is 0 Å². The predicted octanol–water partition coefficient (Wildman–Crippen LogP) is -1.05. The third kappa shape index (κ3) is 3.96. The van der Waals surface area contributed by atoms with Gasteiger partial charge in [-0.2, -0.15) is 0 Å². The molecule has 0 aliphatic rings. The van der Waals surface area contributed by atoms with Crippen molar-refractivity contribution in [3.05, 3.63) is 0 Å². The number of rotatable bonds is 5. The number of hydrogen-bond donors (Lipinski definition) is 3. The molecule has 0 aromatic rings. The second kappa shape index (κ2) is 5.42. The Morgan fingerprint density at radius 3 is 2.50 bits per heavy atom. The van der Waals surface area contributed by atoms with E-state index in [1.807, 2.05) is 6.92 Å². The van der Waals surface area contributed by atoms with E-state index in [1.54, 1.807) is 11.9 Å². The molecule has 0 saturated carbocycles. The molecule has 5 heteroatoms. The molecule has 0 aliphatic carbocycles. The second-order valence-electron chi connectivity index (χ2n) is 2.85. The number of nitrogens with zero attached hydrogens (tertiary/aromatic N) is 1. The maximum atomic E-state index is 9.08. The smallest absolute Gasteiger partial charge is 0.0899 e. The molecule has 0 saturated heterocycles. The van der Waals surface area contributed by atoms with Crippen LogP contribution in [0.4, 0.5) is 0 Å². The highest BCUT2D eigenvalue weighted by atomic mass is 32.1. The lowest BCUT2D eigenvalue weighted by atomic mass is 10.2. The van der Waals surface area contributed by atoms with Gasteiger partial charge >= 0.3 is 0 Å². The fraction of sp³-hybridized carbons (Fsp3) is 0.857. The first-order valence-electron chi connectivity index (χ1n) is 3.77. The summed E-state index contributed by atoms with van der Waals surface area (Å²) in [5, 5.41) is 17.6. The molecule has 0 spiro atoms. The van der Waals surface area contributed by atoms with E-state index in [0.717, 1.165) is 0 Å². The molecule has 2 unspecified atom stereocenters. The molecule has 0 aromatic carbocycles. The highest BCUT2D eigenvalue weighted by molar-refractivity contribution is 7.80. The summed E-state index contributed by atoms with van der Waals surface area (Å²) in [6.45, 7) is 1.98. The molecule has 4 N–H and O–H groups in total. The predicted molar refractivity (Wildman–Crippen MR) is 52.0 cm³/mol. The molecule has 0 rings (SSSR count). The number of thiocarbonyl (C=S) groups is 1. The number of likely N-dealkylation sites (N-methyl/N-ethyl adjacent to an activating group) is 1. The van der Waals surface area contributed by atoms with E-state index >= 15 is 0 Å². The number of aliphatic hydroxyl groups is 2. The first kappa shape index (κ1) is 11.8. The standard InChI is InChI=1S/C7H16N2O2S/c1-5(7(8)12)9(2)3-6(11)4-10/h5-6,10-11H,3-4H2,1-2H3,(H2,8,12). The minimum atomic E-state index is -0.730. The van der Waals surface area contributed by atoms with Crippen LogP contribution in [0.25, 0.3) is 0 Å². The van der Waals surface area contributed by atoms with Gasteiger partial charge in [-0.25, -0.2) is 0 Å². The van der Waals surface area contributed by atoms with Gasteiger partial charge in [-0.1, -0.05) is 12.2 Å². The summed E-state index contributed by atoms with van der Waals surface area (Å²) < 4.78 is 0. The lowest BCUT2D eigenvalue weighted by molar-refractivity contribution is 0.0635. The summed E-state index contributed by atoms with van der Waals surface area (Å²) in [6, 6.07) is -0.0544. The van der Waals surface area contributed by atoms with Gasteiger partial charge in [0.05, 0.1) is 23.7 Å². The van der Waals surface area contributed by atoms with Crippen molar-refractivity contribution >= 4 is 17.2 Å². The normalized spacial score (nSPS) is 16.1. The summed E-state index contributed by atoms with van der Waals surface area (Å²) in [7, 11) is 1.79. The van der Waals surface area contributed by atoms with Gasteiger partial charge in [-0.05, 0) is 14.0 Å². The highest BCUT2D eigenvalue weighted by Gasteiger charge is 2.14. The topological polar surface area (TPSA) is 69.7 Å². The Hall–Kier alpha value is -0.230. The Balaban J connectivity index is 3.86. The minimum absolute atomic E-state index is 0.0544. The fourth-order valence-corrected chi connectivity index (χ4v) is 0.945. The lowest BCUT2D eigenvalue weighted by Gasteiger charge is -2.25. The molecule has 0 aromatic heterocycles. The summed E-state index contributed by atoms with van der Waals surface area (Å²) >= 11 is 4.78. The Morgan fingerprint density at radius 2 is 2.17 bits per heavy atom. The van der Waals surface area contributed by atoms with Gasteiger partial charge in [0, 0.05) is 6.54 Å². The zero-order valence-corrected chi connectivity index (χ0v) is 8.21. The van der Waals surface area contributed by atoms with E-state index in [1.165, 1.54) is 0 Å². The van der Waals surface area contributed by atoms with E-state index in [2.05, 4.69) is 0 Å². The van der Waals surface area contributed by atoms with E-state index in [9.17, 15) is 0 Å². The van der Waals surface area contributed by atoms with Crippen LogP contribution in [0.1, 0.15) is 6.92 Å². The number of hydrogen-bond acceptors (Lipinski definition) is 4. The lowest BCUT2D eigenvalue weighted by Crippen LogP contribution is -2.43. The Bertz CT molecular complexity index is 154. The third-order valence-electron chi connectivity index (χ3n) is 1.78. The summed E-state index contributed by atoms with van der Waals surface area (Å²) in [5.74, 6) is 0. The average molecular weight is 192 g/mol. The van der Waals surface area contributed by atoms with Crippen LogP contribution >= 0.6 is 12.2 Å². The molecule has 12 heavy (non-hydrogen) atoms. The fourth-order valence-electron chi connectivity index (χ4n) is 0.765. The van der Waals surface area contributed by atoms with Crippen molar-refractivity contribution < 1.29 is 10.2 Å². The maximum Gasteiger partial charge on any atom is 0.0899 e. The maximum absolute atomic E-state index is 9.08. The summed E-state index contributed by atoms with van der Waals surface area (Å²) in [5.41, 5.74) is 5.40. The van der Waals surface area contributed by atoms with E-state index in [0.29, 0.717) is 11.5 Å². The summed E-state index contributed by atoms with van der Waals surface area (Å²) in [6.07, 6.45) is -0.730. The Kier molecular flexibility index (Phi) is 5.32.